The highest BCUT2D eigenvalue weighted by Crippen LogP contribution is 2.26. The third-order valence-corrected chi connectivity index (χ3v) is 3.78. The summed E-state index contributed by atoms with van der Waals surface area (Å²) in [5, 5.41) is 0.919. The minimum atomic E-state index is 0.705. The molecule has 1 unspecified atom stereocenters. The summed E-state index contributed by atoms with van der Waals surface area (Å²) in [6, 6.07) is 0.705. The van der Waals surface area contributed by atoms with Crippen LogP contribution in [0.15, 0.2) is 0 Å². The largest absolute Gasteiger partial charge is 0.303 e. The molecule has 13 heavy (non-hydrogen) atoms. The maximum Gasteiger partial charge on any atom is 0.0175 e. The molecule has 0 amide bonds. The van der Waals surface area contributed by atoms with Crippen LogP contribution in [0.3, 0.4) is 0 Å². The Hall–Kier alpha value is 0.310. The van der Waals surface area contributed by atoms with Crippen molar-refractivity contribution in [3.8, 4) is 0 Å². The van der Waals surface area contributed by atoms with Gasteiger partial charge in [-0.15, -0.1) is 0 Å². The fraction of sp³-hybridized carbons (Fsp3) is 1.00. The Balaban J connectivity index is 0.000000671. The first-order valence-electron chi connectivity index (χ1n) is 5.52. The summed E-state index contributed by atoms with van der Waals surface area (Å²) in [6.45, 7) is 9.81. The first kappa shape index (κ1) is 13.3. The second-order valence-corrected chi connectivity index (χ2v) is 5.08. The average molecular weight is 203 g/mol. The van der Waals surface area contributed by atoms with Gasteiger partial charge in [0.15, 0.2) is 0 Å². The molecule has 0 aromatic rings. The predicted octanol–water partition coefficient (Wildman–Crippen LogP) is 3.25. The van der Waals surface area contributed by atoms with E-state index in [0.717, 1.165) is 5.25 Å². The Morgan fingerprint density at radius 2 is 2.00 bits per heavy atom. The van der Waals surface area contributed by atoms with Crippen LogP contribution >= 0.6 is 11.8 Å². The van der Waals surface area contributed by atoms with Gasteiger partial charge in [-0.1, -0.05) is 13.8 Å². The van der Waals surface area contributed by atoms with Gasteiger partial charge in [0.25, 0.3) is 0 Å². The van der Waals surface area contributed by atoms with Crippen molar-refractivity contribution in [3.05, 3.63) is 0 Å². The lowest BCUT2D eigenvalue weighted by atomic mass is 10.2. The standard InChI is InChI=1S/C9H19NS.C2H6/c1-8(2)10(3)7-9-5-4-6-11-9;1-2/h8-9H,4-7H2,1-3H3;1-2H3. The first-order chi connectivity index (χ1) is 6.20. The van der Waals surface area contributed by atoms with Gasteiger partial charge in [-0.3, -0.25) is 0 Å². The van der Waals surface area contributed by atoms with E-state index in [-0.39, 0.29) is 0 Å². The van der Waals surface area contributed by atoms with Gasteiger partial charge in [0.1, 0.15) is 0 Å². The van der Waals surface area contributed by atoms with Gasteiger partial charge < -0.3 is 4.90 Å². The lowest BCUT2D eigenvalue weighted by Crippen LogP contribution is -2.32. The van der Waals surface area contributed by atoms with E-state index in [9.17, 15) is 0 Å². The van der Waals surface area contributed by atoms with Gasteiger partial charge in [0, 0.05) is 17.8 Å². The second kappa shape index (κ2) is 7.69. The summed E-state index contributed by atoms with van der Waals surface area (Å²) in [5.74, 6) is 1.39. The van der Waals surface area contributed by atoms with E-state index in [1.165, 1.54) is 25.1 Å². The van der Waals surface area contributed by atoms with Crippen LogP contribution in [0.1, 0.15) is 40.5 Å². The molecule has 1 aliphatic heterocycles. The molecule has 1 nitrogen and oxygen atoms in total. The smallest absolute Gasteiger partial charge is 0.0175 e. The third-order valence-electron chi connectivity index (χ3n) is 2.40. The number of nitrogens with zero attached hydrogens (tertiary/aromatic N) is 1. The van der Waals surface area contributed by atoms with Crippen molar-refractivity contribution in [2.75, 3.05) is 19.3 Å². The molecule has 2 heteroatoms. The average Bonchev–Trinajstić information content (AvgIpc) is 2.60. The van der Waals surface area contributed by atoms with Crippen LogP contribution in [-0.4, -0.2) is 35.5 Å². The molecule has 0 radical (unpaired) electrons. The predicted molar refractivity (Wildman–Crippen MR) is 64.6 cm³/mol. The van der Waals surface area contributed by atoms with Gasteiger partial charge >= 0.3 is 0 Å². The Morgan fingerprint density at radius 3 is 2.38 bits per heavy atom. The Morgan fingerprint density at radius 1 is 1.38 bits per heavy atom. The van der Waals surface area contributed by atoms with Gasteiger partial charge in [0.05, 0.1) is 0 Å². The molecule has 1 atom stereocenters. The van der Waals surface area contributed by atoms with Crippen LogP contribution in [0.5, 0.6) is 0 Å². The molecule has 0 aromatic heterocycles. The minimum Gasteiger partial charge on any atom is -0.303 e. The normalized spacial score (nSPS) is 21.9. The van der Waals surface area contributed by atoms with Gasteiger partial charge in [-0.2, -0.15) is 11.8 Å². The number of hydrogen-bond acceptors (Lipinski definition) is 2. The Bertz CT molecular complexity index is 109. The molecule has 0 bridgehead atoms. The quantitative estimate of drug-likeness (QED) is 0.693. The van der Waals surface area contributed by atoms with Crippen molar-refractivity contribution in [1.29, 1.82) is 0 Å². The molecule has 0 N–H and O–H groups in total. The zero-order valence-corrected chi connectivity index (χ0v) is 10.7. The summed E-state index contributed by atoms with van der Waals surface area (Å²) >= 11 is 2.15. The minimum absolute atomic E-state index is 0.705. The maximum atomic E-state index is 2.45. The Kier molecular flexibility index (Phi) is 7.87. The number of thioether (sulfide) groups is 1. The van der Waals surface area contributed by atoms with Crippen LogP contribution in [0.2, 0.25) is 0 Å². The highest BCUT2D eigenvalue weighted by molar-refractivity contribution is 8.00. The molecule has 1 fully saturated rings. The molecule has 0 spiro atoms. The maximum absolute atomic E-state index is 2.45. The number of rotatable bonds is 3. The summed E-state index contributed by atoms with van der Waals surface area (Å²) in [5.41, 5.74) is 0. The van der Waals surface area contributed by atoms with Crippen molar-refractivity contribution in [2.24, 2.45) is 0 Å². The molecule has 0 saturated carbocycles. The first-order valence-corrected chi connectivity index (χ1v) is 6.57. The molecule has 0 aromatic carbocycles. The van der Waals surface area contributed by atoms with Crippen molar-refractivity contribution in [3.63, 3.8) is 0 Å². The van der Waals surface area contributed by atoms with E-state index < -0.39 is 0 Å². The van der Waals surface area contributed by atoms with Crippen LogP contribution in [0.4, 0.5) is 0 Å². The van der Waals surface area contributed by atoms with E-state index in [1.807, 2.05) is 13.8 Å². The van der Waals surface area contributed by atoms with Crippen LogP contribution in [0, 0.1) is 0 Å². The van der Waals surface area contributed by atoms with Gasteiger partial charge in [0.2, 0.25) is 0 Å². The van der Waals surface area contributed by atoms with Gasteiger partial charge in [-0.25, -0.2) is 0 Å². The van der Waals surface area contributed by atoms with Crippen molar-refractivity contribution in [1.82, 2.24) is 4.90 Å². The zero-order valence-electron chi connectivity index (χ0n) is 9.84. The van der Waals surface area contributed by atoms with Crippen molar-refractivity contribution < 1.29 is 0 Å². The lowest BCUT2D eigenvalue weighted by Gasteiger charge is -2.23. The Labute approximate surface area is 88.3 Å². The highest BCUT2D eigenvalue weighted by Gasteiger charge is 2.17. The molecule has 1 aliphatic rings. The third kappa shape index (κ3) is 5.58. The van der Waals surface area contributed by atoms with E-state index >= 15 is 0 Å². The molecule has 1 saturated heterocycles. The highest BCUT2D eigenvalue weighted by atomic mass is 32.2. The van der Waals surface area contributed by atoms with E-state index in [4.69, 9.17) is 0 Å². The molecule has 1 heterocycles. The zero-order chi connectivity index (χ0) is 10.3. The molecule has 0 aliphatic carbocycles. The lowest BCUT2D eigenvalue weighted by molar-refractivity contribution is 0.273. The van der Waals surface area contributed by atoms with Crippen molar-refractivity contribution >= 4 is 11.8 Å². The fourth-order valence-corrected chi connectivity index (χ4v) is 2.66. The summed E-state index contributed by atoms with van der Waals surface area (Å²) in [7, 11) is 2.23. The number of hydrogen-bond donors (Lipinski definition) is 0. The van der Waals surface area contributed by atoms with E-state index in [2.05, 4.69) is 37.6 Å². The summed E-state index contributed by atoms with van der Waals surface area (Å²) in [4.78, 5) is 2.45. The van der Waals surface area contributed by atoms with Crippen LogP contribution in [0.25, 0.3) is 0 Å². The van der Waals surface area contributed by atoms with Crippen molar-refractivity contribution in [2.45, 2.75) is 51.8 Å². The molecule has 1 rings (SSSR count). The fourth-order valence-electron chi connectivity index (χ4n) is 1.32. The topological polar surface area (TPSA) is 3.24 Å². The summed E-state index contributed by atoms with van der Waals surface area (Å²) < 4.78 is 0. The molecular weight excluding hydrogens is 178 g/mol. The molecular formula is C11H25NS. The van der Waals surface area contributed by atoms with Crippen LogP contribution < -0.4 is 0 Å². The second-order valence-electron chi connectivity index (χ2n) is 3.67. The van der Waals surface area contributed by atoms with E-state index in [0.29, 0.717) is 6.04 Å². The summed E-state index contributed by atoms with van der Waals surface area (Å²) in [6.07, 6.45) is 2.86. The SMILES string of the molecule is CC.CC(C)N(C)CC1CCCS1. The molecule has 80 valence electrons. The monoisotopic (exact) mass is 203 g/mol. The van der Waals surface area contributed by atoms with E-state index in [1.54, 1.807) is 0 Å². The van der Waals surface area contributed by atoms with Crippen LogP contribution in [-0.2, 0) is 0 Å². The van der Waals surface area contributed by atoms with Gasteiger partial charge in [-0.05, 0) is 39.5 Å².